The number of carbonyl (C=O) groups excluding carboxylic acids is 3. The SMILES string of the molecule is C=C(C)C(=O)OCCN(CCOC(=O)C(=C)C)CCOC(=O)N(CCCl)CCCl. The largest absolute Gasteiger partial charge is 0.461 e. The molecule has 0 unspecified atom stereocenters. The molecule has 0 radical (unpaired) electrons. The minimum Gasteiger partial charge on any atom is -0.461 e. The summed E-state index contributed by atoms with van der Waals surface area (Å²) < 4.78 is 15.4. The highest BCUT2D eigenvalue weighted by molar-refractivity contribution is 6.18. The topological polar surface area (TPSA) is 85.4 Å². The molecule has 0 aliphatic heterocycles. The molecule has 0 rings (SSSR count). The van der Waals surface area contributed by atoms with E-state index in [0.717, 1.165) is 0 Å². The van der Waals surface area contributed by atoms with E-state index < -0.39 is 18.0 Å². The van der Waals surface area contributed by atoms with Crippen LogP contribution in [-0.2, 0) is 23.8 Å². The minimum atomic E-state index is -0.506. The Balaban J connectivity index is 4.55. The summed E-state index contributed by atoms with van der Waals surface area (Å²) in [5, 5.41) is 0. The van der Waals surface area contributed by atoms with Crippen LogP contribution in [0.4, 0.5) is 4.79 Å². The monoisotopic (exact) mass is 452 g/mol. The van der Waals surface area contributed by atoms with Gasteiger partial charge in [0.05, 0.1) is 0 Å². The van der Waals surface area contributed by atoms with Crippen LogP contribution in [0, 0.1) is 0 Å². The van der Waals surface area contributed by atoms with E-state index in [9.17, 15) is 14.4 Å². The van der Waals surface area contributed by atoms with Gasteiger partial charge in [-0.15, -0.1) is 23.2 Å². The van der Waals surface area contributed by atoms with E-state index in [-0.39, 0.29) is 31.6 Å². The first kappa shape index (κ1) is 27.2. The molecule has 0 saturated heterocycles. The van der Waals surface area contributed by atoms with Crippen molar-refractivity contribution >= 4 is 41.2 Å². The summed E-state index contributed by atoms with van der Waals surface area (Å²) in [6, 6.07) is 0. The van der Waals surface area contributed by atoms with Crippen molar-refractivity contribution in [3.05, 3.63) is 24.3 Å². The second-order valence-electron chi connectivity index (χ2n) is 6.15. The van der Waals surface area contributed by atoms with Gasteiger partial charge in [-0.3, -0.25) is 4.90 Å². The van der Waals surface area contributed by atoms with Gasteiger partial charge in [-0.05, 0) is 13.8 Å². The molecule has 166 valence electrons. The van der Waals surface area contributed by atoms with Gasteiger partial charge in [0, 0.05) is 55.6 Å². The molecule has 0 aromatic carbocycles. The number of hydrogen-bond donors (Lipinski definition) is 0. The number of alkyl halides is 2. The molecule has 1 amide bonds. The Kier molecular flexibility index (Phi) is 15.1. The Morgan fingerprint density at radius 1 is 0.724 bits per heavy atom. The van der Waals surface area contributed by atoms with Crippen LogP contribution in [0.5, 0.6) is 0 Å². The number of esters is 2. The Bertz CT molecular complexity index is 533. The Morgan fingerprint density at radius 2 is 1.10 bits per heavy atom. The first-order valence-corrected chi connectivity index (χ1v) is 10.2. The van der Waals surface area contributed by atoms with E-state index in [4.69, 9.17) is 37.4 Å². The summed E-state index contributed by atoms with van der Waals surface area (Å²) in [7, 11) is 0. The Labute approximate surface area is 182 Å². The van der Waals surface area contributed by atoms with E-state index in [1.807, 2.05) is 4.90 Å². The Morgan fingerprint density at radius 3 is 1.45 bits per heavy atom. The summed E-state index contributed by atoms with van der Waals surface area (Å²) in [6.07, 6.45) is -0.506. The van der Waals surface area contributed by atoms with Crippen LogP contribution in [0.25, 0.3) is 0 Å². The van der Waals surface area contributed by atoms with Gasteiger partial charge >= 0.3 is 18.0 Å². The maximum atomic E-state index is 12.1. The molecule has 0 spiro atoms. The molecular formula is C19H30Cl2N2O6. The van der Waals surface area contributed by atoms with Crippen LogP contribution in [0.15, 0.2) is 24.3 Å². The van der Waals surface area contributed by atoms with Gasteiger partial charge in [-0.25, -0.2) is 14.4 Å². The van der Waals surface area contributed by atoms with Gasteiger partial charge in [0.1, 0.15) is 19.8 Å². The molecular weight excluding hydrogens is 423 g/mol. The molecule has 8 nitrogen and oxygen atoms in total. The third-order valence-corrected chi connectivity index (χ3v) is 3.92. The molecule has 0 aromatic rings. The van der Waals surface area contributed by atoms with Crippen LogP contribution in [0.2, 0.25) is 0 Å². The van der Waals surface area contributed by atoms with E-state index in [1.165, 1.54) is 4.90 Å². The fourth-order valence-electron chi connectivity index (χ4n) is 1.97. The van der Waals surface area contributed by atoms with Gasteiger partial charge in [0.15, 0.2) is 0 Å². The maximum absolute atomic E-state index is 12.1. The second kappa shape index (κ2) is 16.1. The Hall–Kier alpha value is -1.77. The number of ether oxygens (including phenoxy) is 3. The van der Waals surface area contributed by atoms with Crippen molar-refractivity contribution in [2.75, 3.05) is 64.3 Å². The highest BCUT2D eigenvalue weighted by Crippen LogP contribution is 2.00. The molecule has 0 heterocycles. The molecule has 29 heavy (non-hydrogen) atoms. The summed E-state index contributed by atoms with van der Waals surface area (Å²) in [5.74, 6) is -0.411. The van der Waals surface area contributed by atoms with Crippen LogP contribution in [0.3, 0.4) is 0 Å². The first-order chi connectivity index (χ1) is 13.7. The number of amides is 1. The smallest absolute Gasteiger partial charge is 0.409 e. The highest BCUT2D eigenvalue weighted by Gasteiger charge is 2.15. The van der Waals surface area contributed by atoms with Gasteiger partial charge in [0.25, 0.3) is 0 Å². The van der Waals surface area contributed by atoms with Crippen molar-refractivity contribution in [3.8, 4) is 0 Å². The summed E-state index contributed by atoms with van der Waals surface area (Å²) >= 11 is 11.3. The lowest BCUT2D eigenvalue weighted by molar-refractivity contribution is -0.139. The number of rotatable bonds is 15. The van der Waals surface area contributed by atoms with Crippen molar-refractivity contribution < 1.29 is 28.6 Å². The van der Waals surface area contributed by atoms with E-state index in [0.29, 0.717) is 43.9 Å². The number of halogens is 2. The summed E-state index contributed by atoms with van der Waals surface area (Å²) in [6.45, 7) is 12.3. The van der Waals surface area contributed by atoms with Crippen LogP contribution in [0.1, 0.15) is 13.8 Å². The second-order valence-corrected chi connectivity index (χ2v) is 6.91. The fourth-order valence-corrected chi connectivity index (χ4v) is 2.38. The number of carbonyl (C=O) groups is 3. The summed E-state index contributed by atoms with van der Waals surface area (Å²) in [4.78, 5) is 38.3. The number of nitrogens with zero attached hydrogens (tertiary/aromatic N) is 2. The van der Waals surface area contributed by atoms with Crippen molar-refractivity contribution in [1.82, 2.24) is 9.80 Å². The zero-order valence-electron chi connectivity index (χ0n) is 17.1. The third kappa shape index (κ3) is 13.1. The highest BCUT2D eigenvalue weighted by atomic mass is 35.5. The van der Waals surface area contributed by atoms with E-state index in [1.54, 1.807) is 13.8 Å². The average Bonchev–Trinajstić information content (AvgIpc) is 2.66. The lowest BCUT2D eigenvalue weighted by Gasteiger charge is -2.24. The van der Waals surface area contributed by atoms with Gasteiger partial charge in [-0.2, -0.15) is 0 Å². The number of hydrogen-bond acceptors (Lipinski definition) is 7. The molecule has 0 atom stereocenters. The standard InChI is InChI=1S/C19H30Cl2N2O6/c1-15(2)17(24)27-12-9-22(10-13-28-18(25)16(3)4)11-14-29-19(26)23(7-5-20)8-6-21/h1,3,5-14H2,2,4H3. The summed E-state index contributed by atoms with van der Waals surface area (Å²) in [5.41, 5.74) is 0.610. The van der Waals surface area contributed by atoms with Gasteiger partial charge in [0.2, 0.25) is 0 Å². The van der Waals surface area contributed by atoms with Crippen molar-refractivity contribution in [3.63, 3.8) is 0 Å². The molecule has 0 aliphatic carbocycles. The first-order valence-electron chi connectivity index (χ1n) is 9.14. The quantitative estimate of drug-likeness (QED) is 0.163. The lowest BCUT2D eigenvalue weighted by atomic mass is 10.3. The normalized spacial score (nSPS) is 10.4. The van der Waals surface area contributed by atoms with Crippen LogP contribution in [-0.4, -0.2) is 92.1 Å². The van der Waals surface area contributed by atoms with E-state index >= 15 is 0 Å². The fraction of sp³-hybridized carbons (Fsp3) is 0.632. The van der Waals surface area contributed by atoms with Crippen molar-refractivity contribution in [2.24, 2.45) is 0 Å². The van der Waals surface area contributed by atoms with Gasteiger partial charge in [-0.1, -0.05) is 13.2 Å². The average molecular weight is 453 g/mol. The lowest BCUT2D eigenvalue weighted by Crippen LogP contribution is -2.38. The zero-order chi connectivity index (χ0) is 22.2. The van der Waals surface area contributed by atoms with Crippen LogP contribution < -0.4 is 0 Å². The van der Waals surface area contributed by atoms with Crippen molar-refractivity contribution in [1.29, 1.82) is 0 Å². The van der Waals surface area contributed by atoms with Gasteiger partial charge < -0.3 is 19.1 Å². The third-order valence-electron chi connectivity index (χ3n) is 3.58. The van der Waals surface area contributed by atoms with Crippen molar-refractivity contribution in [2.45, 2.75) is 13.8 Å². The molecule has 0 bridgehead atoms. The predicted molar refractivity (Wildman–Crippen MR) is 112 cm³/mol. The molecule has 0 N–H and O–H groups in total. The minimum absolute atomic E-state index is 0.1000. The molecule has 0 saturated carbocycles. The maximum Gasteiger partial charge on any atom is 0.409 e. The zero-order valence-corrected chi connectivity index (χ0v) is 18.6. The van der Waals surface area contributed by atoms with Crippen LogP contribution >= 0.6 is 23.2 Å². The predicted octanol–water partition coefficient (Wildman–Crippen LogP) is 2.44. The molecule has 10 heteroatoms. The molecule has 0 aliphatic rings. The molecule has 0 fully saturated rings. The van der Waals surface area contributed by atoms with E-state index in [2.05, 4.69) is 13.2 Å². The molecule has 0 aromatic heterocycles.